The summed E-state index contributed by atoms with van der Waals surface area (Å²) in [4.78, 5) is 39.0. The Hall–Kier alpha value is -3.82. The number of amides is 3. The van der Waals surface area contributed by atoms with E-state index in [1.807, 2.05) is 13.0 Å². The third-order valence-electron chi connectivity index (χ3n) is 4.88. The lowest BCUT2D eigenvalue weighted by Gasteiger charge is -2.20. The molecule has 10 heteroatoms. The van der Waals surface area contributed by atoms with Gasteiger partial charge in [0.2, 0.25) is 5.91 Å². The van der Waals surface area contributed by atoms with Crippen molar-refractivity contribution in [2.24, 2.45) is 10.3 Å². The first-order valence-electron chi connectivity index (χ1n) is 9.14. The van der Waals surface area contributed by atoms with Gasteiger partial charge in [0.15, 0.2) is 12.1 Å². The number of halogens is 1. The third-order valence-corrected chi connectivity index (χ3v) is 4.88. The fourth-order valence-electron chi connectivity index (χ4n) is 3.45. The Kier molecular flexibility index (Phi) is 4.90. The molecule has 9 nitrogen and oxygen atoms in total. The molecule has 0 saturated carbocycles. The van der Waals surface area contributed by atoms with E-state index in [1.165, 1.54) is 24.3 Å². The second-order valence-corrected chi connectivity index (χ2v) is 6.93. The Labute approximate surface area is 171 Å². The zero-order valence-electron chi connectivity index (χ0n) is 16.2. The molecule has 0 aromatic heterocycles. The lowest BCUT2D eigenvalue weighted by atomic mass is 10.1. The molecule has 1 fully saturated rings. The average Bonchev–Trinajstić information content (AvgIpc) is 3.23. The molecule has 0 spiro atoms. The topological polar surface area (TPSA) is 104 Å². The summed E-state index contributed by atoms with van der Waals surface area (Å²) in [6, 6.07) is 8.27. The molecule has 0 aliphatic carbocycles. The van der Waals surface area contributed by atoms with Gasteiger partial charge in [-0.1, -0.05) is 11.3 Å². The molecule has 1 saturated heterocycles. The number of rotatable bonds is 5. The summed E-state index contributed by atoms with van der Waals surface area (Å²) in [5.41, 5.74) is 1.65. The van der Waals surface area contributed by atoms with Crippen LogP contribution in [-0.4, -0.2) is 48.5 Å². The number of benzene rings is 2. The average molecular weight is 411 g/mol. The maximum Gasteiger partial charge on any atom is 0.263 e. The molecule has 2 aliphatic heterocycles. The number of hydrogen-bond acceptors (Lipinski definition) is 7. The van der Waals surface area contributed by atoms with Crippen molar-refractivity contribution in [3.63, 3.8) is 0 Å². The molecule has 2 aromatic carbocycles. The Morgan fingerprint density at radius 2 is 1.90 bits per heavy atom. The van der Waals surface area contributed by atoms with Gasteiger partial charge in [-0.2, -0.15) is 5.11 Å². The monoisotopic (exact) mass is 411 g/mol. The summed E-state index contributed by atoms with van der Waals surface area (Å²) in [5, 5.41) is 11.6. The molecule has 4 rings (SSSR count). The summed E-state index contributed by atoms with van der Waals surface area (Å²) in [5.74, 6) is -1.57. The number of ether oxygens (including phenoxy) is 1. The molecular weight excluding hydrogens is 393 g/mol. The van der Waals surface area contributed by atoms with E-state index in [0.717, 1.165) is 22.6 Å². The SMILES string of the molecule is COc1ccc(C)cc1NC(=O)CN1N=N[C@@H]2C(=O)N(c3ccc(F)cc3)C(=O)[C@H]21. The minimum Gasteiger partial charge on any atom is -0.495 e. The number of imide groups is 1. The summed E-state index contributed by atoms with van der Waals surface area (Å²) in [7, 11) is 1.49. The Balaban J connectivity index is 1.49. The molecule has 2 heterocycles. The van der Waals surface area contributed by atoms with Crippen molar-refractivity contribution < 1.29 is 23.5 Å². The predicted molar refractivity (Wildman–Crippen MR) is 104 cm³/mol. The highest BCUT2D eigenvalue weighted by atomic mass is 19.1. The van der Waals surface area contributed by atoms with E-state index >= 15 is 0 Å². The molecule has 0 bridgehead atoms. The second kappa shape index (κ2) is 7.54. The van der Waals surface area contributed by atoms with Gasteiger partial charge in [-0.15, -0.1) is 0 Å². The van der Waals surface area contributed by atoms with Gasteiger partial charge in [0.25, 0.3) is 11.8 Å². The van der Waals surface area contributed by atoms with Crippen LogP contribution in [0.15, 0.2) is 52.8 Å². The zero-order chi connectivity index (χ0) is 21.4. The number of nitrogens with zero attached hydrogens (tertiary/aromatic N) is 4. The highest BCUT2D eigenvalue weighted by Gasteiger charge is 2.55. The molecule has 154 valence electrons. The van der Waals surface area contributed by atoms with Crippen LogP contribution in [-0.2, 0) is 14.4 Å². The minimum absolute atomic E-state index is 0.241. The van der Waals surface area contributed by atoms with E-state index in [1.54, 1.807) is 12.1 Å². The van der Waals surface area contributed by atoms with Crippen LogP contribution in [0.2, 0.25) is 0 Å². The lowest BCUT2D eigenvalue weighted by Crippen LogP contribution is -2.43. The summed E-state index contributed by atoms with van der Waals surface area (Å²) in [6.07, 6.45) is 0. The van der Waals surface area contributed by atoms with E-state index in [-0.39, 0.29) is 12.2 Å². The van der Waals surface area contributed by atoms with Crippen LogP contribution in [0.1, 0.15) is 5.56 Å². The van der Waals surface area contributed by atoms with Crippen LogP contribution < -0.4 is 15.0 Å². The normalized spacial score (nSPS) is 20.0. The number of carbonyl (C=O) groups excluding carboxylic acids is 3. The molecule has 30 heavy (non-hydrogen) atoms. The Morgan fingerprint density at radius 1 is 1.17 bits per heavy atom. The van der Waals surface area contributed by atoms with Gasteiger partial charge in [-0.05, 0) is 48.9 Å². The van der Waals surface area contributed by atoms with Crippen LogP contribution in [0.4, 0.5) is 15.8 Å². The predicted octanol–water partition coefficient (Wildman–Crippen LogP) is 2.07. The Morgan fingerprint density at radius 3 is 2.60 bits per heavy atom. The second-order valence-electron chi connectivity index (χ2n) is 6.93. The first-order chi connectivity index (χ1) is 14.4. The van der Waals surface area contributed by atoms with Crippen molar-refractivity contribution in [3.05, 3.63) is 53.8 Å². The van der Waals surface area contributed by atoms with Crippen molar-refractivity contribution in [1.82, 2.24) is 5.01 Å². The molecule has 3 amide bonds. The highest BCUT2D eigenvalue weighted by Crippen LogP contribution is 2.32. The number of methoxy groups -OCH3 is 1. The quantitative estimate of drug-likeness (QED) is 0.759. The van der Waals surface area contributed by atoms with Gasteiger partial charge in [0.1, 0.15) is 18.1 Å². The summed E-state index contributed by atoms with van der Waals surface area (Å²) in [6.45, 7) is 1.60. The minimum atomic E-state index is -1.04. The number of nitrogens with one attached hydrogen (secondary N) is 1. The number of anilines is 2. The summed E-state index contributed by atoms with van der Waals surface area (Å²) >= 11 is 0. The van der Waals surface area contributed by atoms with E-state index in [9.17, 15) is 18.8 Å². The maximum atomic E-state index is 13.2. The molecule has 2 atom stereocenters. The largest absolute Gasteiger partial charge is 0.495 e. The third kappa shape index (κ3) is 3.36. The van der Waals surface area contributed by atoms with E-state index < -0.39 is 35.6 Å². The first kappa shape index (κ1) is 19.5. The van der Waals surface area contributed by atoms with Crippen molar-refractivity contribution in [2.75, 3.05) is 23.9 Å². The molecule has 1 N–H and O–H groups in total. The van der Waals surface area contributed by atoms with E-state index in [4.69, 9.17) is 4.74 Å². The number of fused-ring (bicyclic) bond motifs is 1. The van der Waals surface area contributed by atoms with Crippen molar-refractivity contribution in [2.45, 2.75) is 19.0 Å². The molecule has 2 aromatic rings. The van der Waals surface area contributed by atoms with Crippen LogP contribution in [0.3, 0.4) is 0 Å². The van der Waals surface area contributed by atoms with Gasteiger partial charge in [0.05, 0.1) is 18.5 Å². The van der Waals surface area contributed by atoms with Crippen LogP contribution in [0, 0.1) is 12.7 Å². The van der Waals surface area contributed by atoms with Gasteiger partial charge in [-0.3, -0.25) is 19.4 Å². The maximum absolute atomic E-state index is 13.2. The van der Waals surface area contributed by atoms with Crippen LogP contribution in [0.5, 0.6) is 5.75 Å². The molecular formula is C20H18FN5O4. The molecule has 0 radical (unpaired) electrons. The number of hydrogen-bond donors (Lipinski definition) is 1. The van der Waals surface area contributed by atoms with E-state index in [0.29, 0.717) is 11.4 Å². The number of aryl methyl sites for hydroxylation is 1. The van der Waals surface area contributed by atoms with Crippen molar-refractivity contribution >= 4 is 29.1 Å². The lowest BCUT2D eigenvalue weighted by molar-refractivity contribution is -0.123. The van der Waals surface area contributed by atoms with Crippen molar-refractivity contribution in [1.29, 1.82) is 0 Å². The summed E-state index contributed by atoms with van der Waals surface area (Å²) < 4.78 is 18.4. The number of carbonyl (C=O) groups is 3. The molecule has 2 aliphatic rings. The zero-order valence-corrected chi connectivity index (χ0v) is 16.2. The first-order valence-corrected chi connectivity index (χ1v) is 9.14. The standard InChI is InChI=1S/C20H18FN5O4/c1-11-3-8-15(30-2)14(9-11)22-16(27)10-25-18-17(23-24-25)19(28)26(20(18)29)13-6-4-12(21)5-7-13/h3-9,17-18H,10H2,1-2H3,(H,22,27)/t17-,18-/m0/s1. The van der Waals surface area contributed by atoms with Gasteiger partial charge < -0.3 is 10.1 Å². The van der Waals surface area contributed by atoms with Crippen LogP contribution >= 0.6 is 0 Å². The van der Waals surface area contributed by atoms with Gasteiger partial charge >= 0.3 is 0 Å². The van der Waals surface area contributed by atoms with Gasteiger partial charge in [0, 0.05) is 0 Å². The highest BCUT2D eigenvalue weighted by molar-refractivity contribution is 6.25. The smallest absolute Gasteiger partial charge is 0.263 e. The van der Waals surface area contributed by atoms with Gasteiger partial charge in [-0.25, -0.2) is 9.29 Å². The fraction of sp³-hybridized carbons (Fsp3) is 0.250. The van der Waals surface area contributed by atoms with Crippen molar-refractivity contribution in [3.8, 4) is 5.75 Å². The molecule has 0 unspecified atom stereocenters. The fourth-order valence-corrected chi connectivity index (χ4v) is 3.45. The van der Waals surface area contributed by atoms with E-state index in [2.05, 4.69) is 15.7 Å². The Bertz CT molecular complexity index is 1060. The van der Waals surface area contributed by atoms with Crippen LogP contribution in [0.25, 0.3) is 0 Å².